The van der Waals surface area contributed by atoms with Crippen LogP contribution in [0.4, 0.5) is 11.4 Å². The van der Waals surface area contributed by atoms with Gasteiger partial charge in [-0.1, -0.05) is 19.1 Å². The lowest BCUT2D eigenvalue weighted by molar-refractivity contribution is -0.138. The van der Waals surface area contributed by atoms with Crippen molar-refractivity contribution in [2.45, 2.75) is 19.8 Å². The molecule has 6 heteroatoms. The first kappa shape index (κ1) is 14.0. The Morgan fingerprint density at radius 3 is 2.75 bits per heavy atom. The van der Waals surface area contributed by atoms with Gasteiger partial charge in [-0.25, -0.2) is 0 Å². The van der Waals surface area contributed by atoms with Crippen molar-refractivity contribution in [3.8, 4) is 0 Å². The number of nitrogens with one attached hydrogen (secondary N) is 1. The second-order valence-corrected chi connectivity index (χ2v) is 4.95. The van der Waals surface area contributed by atoms with Gasteiger partial charge < -0.3 is 15.3 Å². The predicted octanol–water partition coefficient (Wildman–Crippen LogP) is 1.47. The molecule has 2 amide bonds. The summed E-state index contributed by atoms with van der Waals surface area (Å²) in [5.74, 6) is -1.68. The number of benzene rings is 1. The summed E-state index contributed by atoms with van der Waals surface area (Å²) >= 11 is 0. The minimum absolute atomic E-state index is 0.0321. The lowest BCUT2D eigenvalue weighted by atomic mass is 10.0. The second-order valence-electron chi connectivity index (χ2n) is 4.95. The minimum Gasteiger partial charge on any atom is -0.481 e. The number of carboxylic acids is 1. The van der Waals surface area contributed by atoms with E-state index in [2.05, 4.69) is 5.32 Å². The average Bonchev–Trinajstić information content (AvgIpc) is 2.36. The van der Waals surface area contributed by atoms with Gasteiger partial charge in [0, 0.05) is 12.8 Å². The van der Waals surface area contributed by atoms with Gasteiger partial charge in [0.2, 0.25) is 11.8 Å². The molecule has 0 aromatic heterocycles. The van der Waals surface area contributed by atoms with E-state index in [4.69, 9.17) is 5.11 Å². The highest BCUT2D eigenvalue weighted by atomic mass is 16.4. The summed E-state index contributed by atoms with van der Waals surface area (Å²) in [4.78, 5) is 35.9. The summed E-state index contributed by atoms with van der Waals surface area (Å²) in [6, 6.07) is 7.05. The number of carbonyl (C=O) groups is 3. The standard InChI is InChI=1S/C14H16N2O4/c1-9(7-14(19)20)6-13(18)16-8-12(17)15-10-4-2-3-5-11(10)16/h2-5,9H,6-8H2,1H3,(H,15,17)(H,19,20). The molecular formula is C14H16N2O4. The monoisotopic (exact) mass is 276 g/mol. The van der Waals surface area contributed by atoms with Gasteiger partial charge in [0.1, 0.15) is 6.54 Å². The summed E-state index contributed by atoms with van der Waals surface area (Å²) in [6.07, 6.45) is 0.0430. The third kappa shape index (κ3) is 3.14. The van der Waals surface area contributed by atoms with Crippen LogP contribution in [0, 0.1) is 5.92 Å². The summed E-state index contributed by atoms with van der Waals surface area (Å²) in [6.45, 7) is 1.68. The van der Waals surface area contributed by atoms with Gasteiger partial charge in [-0.3, -0.25) is 14.4 Å². The molecule has 1 aliphatic rings. The van der Waals surface area contributed by atoms with E-state index in [1.165, 1.54) is 4.90 Å². The first-order chi connectivity index (χ1) is 9.47. The Morgan fingerprint density at radius 2 is 2.05 bits per heavy atom. The van der Waals surface area contributed by atoms with Crippen molar-refractivity contribution in [1.82, 2.24) is 0 Å². The maximum Gasteiger partial charge on any atom is 0.303 e. The van der Waals surface area contributed by atoms with Gasteiger partial charge in [0.05, 0.1) is 11.4 Å². The van der Waals surface area contributed by atoms with Crippen LogP contribution in [-0.4, -0.2) is 29.4 Å². The smallest absolute Gasteiger partial charge is 0.303 e. The molecule has 0 radical (unpaired) electrons. The minimum atomic E-state index is -0.929. The van der Waals surface area contributed by atoms with E-state index < -0.39 is 5.97 Å². The molecule has 2 rings (SSSR count). The lowest BCUT2D eigenvalue weighted by Gasteiger charge is -2.29. The van der Waals surface area contributed by atoms with Crippen molar-refractivity contribution in [3.63, 3.8) is 0 Å². The van der Waals surface area contributed by atoms with E-state index in [1.807, 2.05) is 0 Å². The maximum atomic E-state index is 12.3. The molecule has 1 unspecified atom stereocenters. The van der Waals surface area contributed by atoms with E-state index in [-0.39, 0.29) is 37.1 Å². The van der Waals surface area contributed by atoms with Crippen LogP contribution in [0.3, 0.4) is 0 Å². The highest BCUT2D eigenvalue weighted by Gasteiger charge is 2.27. The van der Waals surface area contributed by atoms with Crippen molar-refractivity contribution in [2.75, 3.05) is 16.8 Å². The van der Waals surface area contributed by atoms with Crippen molar-refractivity contribution in [1.29, 1.82) is 0 Å². The second kappa shape index (κ2) is 5.73. The van der Waals surface area contributed by atoms with Crippen LogP contribution >= 0.6 is 0 Å². The molecule has 1 atom stereocenters. The molecule has 106 valence electrons. The molecule has 0 saturated carbocycles. The Balaban J connectivity index is 2.14. The number of rotatable bonds is 4. The summed E-state index contributed by atoms with van der Waals surface area (Å²) in [5, 5.41) is 11.4. The molecule has 1 aromatic carbocycles. The molecule has 0 spiro atoms. The quantitative estimate of drug-likeness (QED) is 0.872. The highest BCUT2D eigenvalue weighted by Crippen LogP contribution is 2.29. The Labute approximate surface area is 116 Å². The van der Waals surface area contributed by atoms with Gasteiger partial charge in [-0.05, 0) is 18.1 Å². The SMILES string of the molecule is CC(CC(=O)O)CC(=O)N1CC(=O)Nc2ccccc21. The van der Waals surface area contributed by atoms with Crippen molar-refractivity contribution < 1.29 is 19.5 Å². The average molecular weight is 276 g/mol. The zero-order valence-corrected chi connectivity index (χ0v) is 11.1. The molecule has 0 aliphatic carbocycles. The maximum absolute atomic E-state index is 12.3. The van der Waals surface area contributed by atoms with Crippen LogP contribution in [-0.2, 0) is 14.4 Å². The summed E-state index contributed by atoms with van der Waals surface area (Å²) in [7, 11) is 0. The molecule has 1 heterocycles. The number of fused-ring (bicyclic) bond motifs is 1. The van der Waals surface area contributed by atoms with Gasteiger partial charge >= 0.3 is 5.97 Å². The number of amides is 2. The molecular weight excluding hydrogens is 260 g/mol. The van der Waals surface area contributed by atoms with Crippen LogP contribution in [0.25, 0.3) is 0 Å². The lowest BCUT2D eigenvalue weighted by Crippen LogP contribution is -2.42. The molecule has 2 N–H and O–H groups in total. The number of hydrogen-bond acceptors (Lipinski definition) is 3. The van der Waals surface area contributed by atoms with E-state index >= 15 is 0 Å². The van der Waals surface area contributed by atoms with Crippen molar-refractivity contribution in [2.24, 2.45) is 5.92 Å². The Hall–Kier alpha value is -2.37. The van der Waals surface area contributed by atoms with Crippen LogP contribution in [0.1, 0.15) is 19.8 Å². The van der Waals surface area contributed by atoms with E-state index in [0.717, 1.165) is 0 Å². The van der Waals surface area contributed by atoms with E-state index in [0.29, 0.717) is 11.4 Å². The molecule has 1 aliphatic heterocycles. The van der Waals surface area contributed by atoms with Crippen LogP contribution in [0.2, 0.25) is 0 Å². The number of aliphatic carboxylic acids is 1. The predicted molar refractivity (Wildman–Crippen MR) is 73.5 cm³/mol. The number of carboxylic acid groups (broad SMARTS) is 1. The highest BCUT2D eigenvalue weighted by molar-refractivity contribution is 6.09. The number of carbonyl (C=O) groups excluding carboxylic acids is 2. The Kier molecular flexibility index (Phi) is 4.02. The zero-order chi connectivity index (χ0) is 14.7. The van der Waals surface area contributed by atoms with Crippen molar-refractivity contribution in [3.05, 3.63) is 24.3 Å². The van der Waals surface area contributed by atoms with Gasteiger partial charge in [0.15, 0.2) is 0 Å². The zero-order valence-electron chi connectivity index (χ0n) is 11.1. The first-order valence-corrected chi connectivity index (χ1v) is 6.38. The van der Waals surface area contributed by atoms with E-state index in [9.17, 15) is 14.4 Å². The van der Waals surface area contributed by atoms with Crippen molar-refractivity contribution >= 4 is 29.2 Å². The van der Waals surface area contributed by atoms with Gasteiger partial charge in [-0.2, -0.15) is 0 Å². The summed E-state index contributed by atoms with van der Waals surface area (Å²) in [5.41, 5.74) is 1.25. The Bertz CT molecular complexity index is 556. The van der Waals surface area contributed by atoms with Crippen LogP contribution in [0.15, 0.2) is 24.3 Å². The van der Waals surface area contributed by atoms with Crippen LogP contribution in [0.5, 0.6) is 0 Å². The normalized spacial score (nSPS) is 15.2. The fourth-order valence-corrected chi connectivity index (χ4v) is 2.23. The molecule has 1 aromatic rings. The van der Waals surface area contributed by atoms with E-state index in [1.54, 1.807) is 31.2 Å². The number of hydrogen-bond donors (Lipinski definition) is 2. The Morgan fingerprint density at radius 1 is 1.35 bits per heavy atom. The van der Waals surface area contributed by atoms with Gasteiger partial charge in [0.25, 0.3) is 0 Å². The third-order valence-electron chi connectivity index (χ3n) is 3.12. The number of nitrogens with zero attached hydrogens (tertiary/aromatic N) is 1. The topological polar surface area (TPSA) is 86.7 Å². The largest absolute Gasteiger partial charge is 0.481 e. The summed E-state index contributed by atoms with van der Waals surface area (Å²) < 4.78 is 0. The number of anilines is 2. The fourth-order valence-electron chi connectivity index (χ4n) is 2.23. The van der Waals surface area contributed by atoms with Gasteiger partial charge in [-0.15, -0.1) is 0 Å². The molecule has 0 bridgehead atoms. The fraction of sp³-hybridized carbons (Fsp3) is 0.357. The molecule has 20 heavy (non-hydrogen) atoms. The number of para-hydroxylation sites is 2. The first-order valence-electron chi connectivity index (χ1n) is 6.38. The van der Waals surface area contributed by atoms with Crippen LogP contribution < -0.4 is 10.2 Å². The molecule has 6 nitrogen and oxygen atoms in total. The molecule has 0 fully saturated rings. The third-order valence-corrected chi connectivity index (χ3v) is 3.12. The molecule has 0 saturated heterocycles.